The van der Waals surface area contributed by atoms with Gasteiger partial charge in [0, 0.05) is 12.7 Å². The molecule has 0 aliphatic carbocycles. The zero-order valence-corrected chi connectivity index (χ0v) is 13.6. The van der Waals surface area contributed by atoms with Gasteiger partial charge in [-0.05, 0) is 23.8 Å². The number of fused-ring (bicyclic) bond motifs is 1. The van der Waals surface area contributed by atoms with Gasteiger partial charge < -0.3 is 10.0 Å². The van der Waals surface area contributed by atoms with Crippen molar-refractivity contribution in [3.05, 3.63) is 53.3 Å². The molecule has 3 aromatic rings. The van der Waals surface area contributed by atoms with E-state index >= 15 is 0 Å². The minimum absolute atomic E-state index is 0.102. The first-order valence-corrected chi connectivity index (χ1v) is 7.58. The number of aromatic amines is 1. The summed E-state index contributed by atoms with van der Waals surface area (Å²) >= 11 is 0. The first kappa shape index (κ1) is 18.3. The monoisotopic (exact) mass is 379 g/mol. The molecule has 0 saturated carbocycles. The number of carbonyl (C=O) groups excluding carboxylic acids is 1. The molecule has 0 fully saturated rings. The molecule has 1 amide bonds. The number of carbonyl (C=O) groups is 2. The predicted octanol–water partition coefficient (Wildman–Crippen LogP) is 2.10. The van der Waals surface area contributed by atoms with Crippen molar-refractivity contribution in [2.45, 2.75) is 12.7 Å². The quantitative estimate of drug-likeness (QED) is 0.702. The highest BCUT2D eigenvalue weighted by molar-refractivity contribution is 6.03. The molecule has 11 heteroatoms. The summed E-state index contributed by atoms with van der Waals surface area (Å²) in [5, 5.41) is 19.1. The molecule has 1 aromatic carbocycles. The maximum atomic E-state index is 12.8. The number of rotatable bonds is 5. The molecular formula is C16H12F3N5O3. The lowest BCUT2D eigenvalue weighted by Gasteiger charge is -2.20. The largest absolute Gasteiger partial charge is 0.480 e. The van der Waals surface area contributed by atoms with Crippen molar-refractivity contribution < 1.29 is 27.9 Å². The highest BCUT2D eigenvalue weighted by Crippen LogP contribution is 2.29. The number of nitrogens with zero attached hydrogens (tertiary/aromatic N) is 4. The van der Waals surface area contributed by atoms with Crippen LogP contribution in [0.25, 0.3) is 11.0 Å². The highest BCUT2D eigenvalue weighted by Gasteiger charge is 2.30. The van der Waals surface area contributed by atoms with Gasteiger partial charge in [0.25, 0.3) is 5.91 Å². The molecule has 2 N–H and O–H groups in total. The third-order valence-corrected chi connectivity index (χ3v) is 3.71. The van der Waals surface area contributed by atoms with Crippen molar-refractivity contribution in [3.63, 3.8) is 0 Å². The van der Waals surface area contributed by atoms with E-state index in [4.69, 9.17) is 5.11 Å². The summed E-state index contributed by atoms with van der Waals surface area (Å²) in [6.07, 6.45) is -3.16. The number of benzene rings is 1. The summed E-state index contributed by atoms with van der Waals surface area (Å²) in [5.41, 5.74) is -0.0563. The number of hydrogen-bond donors (Lipinski definition) is 2. The first-order valence-electron chi connectivity index (χ1n) is 7.58. The maximum Gasteiger partial charge on any atom is 0.416 e. The van der Waals surface area contributed by atoms with Crippen LogP contribution >= 0.6 is 0 Å². The van der Waals surface area contributed by atoms with Crippen LogP contribution in [0.1, 0.15) is 21.6 Å². The van der Waals surface area contributed by atoms with Crippen molar-refractivity contribution >= 4 is 22.9 Å². The Morgan fingerprint density at radius 3 is 2.44 bits per heavy atom. The van der Waals surface area contributed by atoms with Gasteiger partial charge in [-0.15, -0.1) is 0 Å². The normalized spacial score (nSPS) is 11.5. The summed E-state index contributed by atoms with van der Waals surface area (Å²) in [6.45, 7) is -0.866. The molecule has 140 valence electrons. The summed E-state index contributed by atoms with van der Waals surface area (Å²) in [4.78, 5) is 28.8. The van der Waals surface area contributed by atoms with Gasteiger partial charge in [0.2, 0.25) is 0 Å². The maximum absolute atomic E-state index is 12.8. The molecule has 0 radical (unpaired) electrons. The van der Waals surface area contributed by atoms with E-state index in [1.807, 2.05) is 0 Å². The molecule has 0 spiro atoms. The van der Waals surface area contributed by atoms with Gasteiger partial charge in [-0.1, -0.05) is 12.1 Å². The Labute approximate surface area is 149 Å². The molecular weight excluding hydrogens is 367 g/mol. The third kappa shape index (κ3) is 4.02. The molecule has 2 aromatic heterocycles. The van der Waals surface area contributed by atoms with Crippen molar-refractivity contribution in [1.82, 2.24) is 25.3 Å². The molecule has 2 heterocycles. The minimum atomic E-state index is -4.48. The average Bonchev–Trinajstić information content (AvgIpc) is 3.08. The van der Waals surface area contributed by atoms with Crippen LogP contribution in [-0.4, -0.2) is 48.8 Å². The molecule has 8 nitrogen and oxygen atoms in total. The second-order valence-corrected chi connectivity index (χ2v) is 5.60. The Bertz CT molecular complexity index is 985. The molecule has 0 saturated heterocycles. The van der Waals surface area contributed by atoms with E-state index in [0.717, 1.165) is 17.0 Å². The standard InChI is InChI=1S/C16H12F3N5O3/c17-16(18,19)10-3-1-9(2-4-10)7-24(8-12(25)26)15(27)14-13-11(5-6-20-14)21-23-22-13/h1-6H,7-8H2,(H,25,26)(H,21,22,23). The molecule has 3 rings (SSSR count). The SMILES string of the molecule is O=C(O)CN(Cc1ccc(C(F)(F)F)cc1)C(=O)c1nccc2n[nH]nc12. The Morgan fingerprint density at radius 2 is 1.81 bits per heavy atom. The van der Waals surface area contributed by atoms with E-state index in [2.05, 4.69) is 20.4 Å². The Kier molecular flexibility index (Phi) is 4.75. The number of halogens is 3. The van der Waals surface area contributed by atoms with Crippen molar-refractivity contribution in [1.29, 1.82) is 0 Å². The summed E-state index contributed by atoms with van der Waals surface area (Å²) in [7, 11) is 0. The van der Waals surface area contributed by atoms with E-state index in [-0.39, 0.29) is 17.8 Å². The lowest BCUT2D eigenvalue weighted by molar-refractivity contribution is -0.138. The Balaban J connectivity index is 1.89. The number of nitrogens with one attached hydrogen (secondary N) is 1. The van der Waals surface area contributed by atoms with Gasteiger partial charge in [0.1, 0.15) is 17.6 Å². The number of H-pyrrole nitrogens is 1. The number of hydrogen-bond acceptors (Lipinski definition) is 5. The van der Waals surface area contributed by atoms with E-state index in [1.165, 1.54) is 24.4 Å². The lowest BCUT2D eigenvalue weighted by Crippen LogP contribution is -2.35. The van der Waals surface area contributed by atoms with E-state index in [1.54, 1.807) is 0 Å². The van der Waals surface area contributed by atoms with E-state index < -0.39 is 30.2 Å². The first-order chi connectivity index (χ1) is 12.8. The fraction of sp³-hybridized carbons (Fsp3) is 0.188. The molecule has 0 unspecified atom stereocenters. The number of aromatic nitrogens is 4. The summed E-state index contributed by atoms with van der Waals surface area (Å²) < 4.78 is 38.0. The third-order valence-electron chi connectivity index (χ3n) is 3.71. The fourth-order valence-electron chi connectivity index (χ4n) is 2.46. The van der Waals surface area contributed by atoms with Crippen LogP contribution in [0.15, 0.2) is 36.5 Å². The van der Waals surface area contributed by atoms with Crippen molar-refractivity contribution in [3.8, 4) is 0 Å². The number of amides is 1. The van der Waals surface area contributed by atoms with Crippen LogP contribution in [0.2, 0.25) is 0 Å². The zero-order chi connectivity index (χ0) is 19.6. The van der Waals surface area contributed by atoms with Crippen molar-refractivity contribution in [2.24, 2.45) is 0 Å². The van der Waals surface area contributed by atoms with Crippen LogP contribution in [0, 0.1) is 0 Å². The van der Waals surface area contributed by atoms with Crippen LogP contribution in [0.4, 0.5) is 13.2 Å². The second-order valence-electron chi connectivity index (χ2n) is 5.60. The molecule has 27 heavy (non-hydrogen) atoms. The van der Waals surface area contributed by atoms with Gasteiger partial charge >= 0.3 is 12.1 Å². The van der Waals surface area contributed by atoms with Gasteiger partial charge in [-0.25, -0.2) is 4.98 Å². The van der Waals surface area contributed by atoms with Gasteiger partial charge in [0.15, 0.2) is 5.69 Å². The fourth-order valence-corrected chi connectivity index (χ4v) is 2.46. The zero-order valence-electron chi connectivity index (χ0n) is 13.6. The number of pyridine rings is 1. The predicted molar refractivity (Wildman–Crippen MR) is 85.5 cm³/mol. The number of carboxylic acids is 1. The van der Waals surface area contributed by atoms with Crippen LogP contribution < -0.4 is 0 Å². The smallest absolute Gasteiger partial charge is 0.416 e. The molecule has 0 aliphatic heterocycles. The number of alkyl halides is 3. The van der Waals surface area contributed by atoms with Crippen LogP contribution in [0.5, 0.6) is 0 Å². The topological polar surface area (TPSA) is 112 Å². The van der Waals surface area contributed by atoms with Gasteiger partial charge in [0.05, 0.1) is 5.56 Å². The van der Waals surface area contributed by atoms with Gasteiger partial charge in [-0.2, -0.15) is 28.6 Å². The Hall–Kier alpha value is -3.50. The minimum Gasteiger partial charge on any atom is -0.480 e. The average molecular weight is 379 g/mol. The summed E-state index contributed by atoms with van der Waals surface area (Å²) in [5.74, 6) is -2.00. The lowest BCUT2D eigenvalue weighted by atomic mass is 10.1. The Morgan fingerprint density at radius 1 is 1.11 bits per heavy atom. The number of aliphatic carboxylic acids is 1. The van der Waals surface area contributed by atoms with E-state index in [9.17, 15) is 22.8 Å². The van der Waals surface area contributed by atoms with E-state index in [0.29, 0.717) is 11.1 Å². The second kappa shape index (κ2) is 7.02. The number of carboxylic acid groups (broad SMARTS) is 1. The van der Waals surface area contributed by atoms with Crippen molar-refractivity contribution in [2.75, 3.05) is 6.54 Å². The molecule has 0 atom stereocenters. The molecule has 0 aliphatic rings. The highest BCUT2D eigenvalue weighted by atomic mass is 19.4. The molecule has 0 bridgehead atoms. The van der Waals surface area contributed by atoms with Gasteiger partial charge in [-0.3, -0.25) is 9.59 Å². The summed E-state index contributed by atoms with van der Waals surface area (Å²) in [6, 6.07) is 5.64. The van der Waals surface area contributed by atoms with Crippen LogP contribution in [0.3, 0.4) is 0 Å². The van der Waals surface area contributed by atoms with Crippen LogP contribution in [-0.2, 0) is 17.5 Å².